The van der Waals surface area contributed by atoms with E-state index in [1.807, 2.05) is 12.1 Å². The fourth-order valence-electron chi connectivity index (χ4n) is 1.16. The van der Waals surface area contributed by atoms with E-state index in [1.54, 1.807) is 0 Å². The number of alkyl halides is 3. The number of hydrogen-bond acceptors (Lipinski definition) is 3. The topological polar surface area (TPSA) is 35.2 Å². The molecule has 1 rings (SSSR count). The molecule has 0 bridgehead atoms. The molecule has 0 unspecified atom stereocenters. The van der Waals surface area contributed by atoms with Gasteiger partial charge in [0.2, 0.25) is 0 Å². The molecule has 92 valence electrons. The average Bonchev–Trinajstić information content (AvgIpc) is 2.63. The Kier molecular flexibility index (Phi) is 5.24. The molecule has 1 aromatic heterocycles. The van der Waals surface area contributed by atoms with Gasteiger partial charge in [-0.25, -0.2) is 0 Å². The molecule has 2 N–H and O–H groups in total. The highest BCUT2D eigenvalue weighted by molar-refractivity contribution is 7.11. The van der Waals surface area contributed by atoms with Gasteiger partial charge in [0, 0.05) is 29.3 Å². The van der Waals surface area contributed by atoms with Crippen LogP contribution in [-0.4, -0.2) is 12.8 Å². The highest BCUT2D eigenvalue weighted by Gasteiger charge is 2.25. The van der Waals surface area contributed by atoms with Crippen molar-refractivity contribution in [3.8, 4) is 0 Å². The van der Waals surface area contributed by atoms with Crippen molar-refractivity contribution in [3.63, 3.8) is 0 Å². The zero-order valence-electron chi connectivity index (χ0n) is 8.72. The summed E-state index contributed by atoms with van der Waals surface area (Å²) in [5, 5.41) is 0. The zero-order valence-corrected chi connectivity index (χ0v) is 9.53. The first kappa shape index (κ1) is 13.5. The minimum absolute atomic E-state index is 0.0125. The van der Waals surface area contributed by atoms with Gasteiger partial charge in [-0.15, -0.1) is 11.3 Å². The second-order valence-electron chi connectivity index (χ2n) is 3.34. The van der Waals surface area contributed by atoms with E-state index in [1.165, 1.54) is 11.3 Å². The summed E-state index contributed by atoms with van der Waals surface area (Å²) in [5.74, 6) is 0. The maximum atomic E-state index is 11.8. The Bertz CT molecular complexity index is 311. The van der Waals surface area contributed by atoms with Gasteiger partial charge in [0.05, 0.1) is 6.61 Å². The normalized spacial score (nSPS) is 12.0. The molecule has 0 aliphatic carbocycles. The summed E-state index contributed by atoms with van der Waals surface area (Å²) >= 11 is 1.52. The maximum absolute atomic E-state index is 11.8. The first-order valence-electron chi connectivity index (χ1n) is 4.93. The molecule has 0 radical (unpaired) electrons. The van der Waals surface area contributed by atoms with Crippen LogP contribution in [0.25, 0.3) is 0 Å². The zero-order chi connectivity index (χ0) is 12.0. The van der Waals surface area contributed by atoms with Gasteiger partial charge in [-0.3, -0.25) is 0 Å². The van der Waals surface area contributed by atoms with Crippen LogP contribution in [0.15, 0.2) is 12.1 Å². The third-order valence-corrected chi connectivity index (χ3v) is 2.99. The van der Waals surface area contributed by atoms with E-state index in [2.05, 4.69) is 0 Å². The maximum Gasteiger partial charge on any atom is 0.389 e. The Morgan fingerprint density at radius 3 is 2.50 bits per heavy atom. The minimum atomic E-state index is -4.08. The lowest BCUT2D eigenvalue weighted by molar-refractivity contribution is -0.138. The number of hydrogen-bond donors (Lipinski definition) is 1. The van der Waals surface area contributed by atoms with Crippen LogP contribution in [0.3, 0.4) is 0 Å². The van der Waals surface area contributed by atoms with E-state index in [4.69, 9.17) is 10.5 Å². The Labute approximate surface area is 96.2 Å². The van der Waals surface area contributed by atoms with E-state index < -0.39 is 12.6 Å². The van der Waals surface area contributed by atoms with Crippen molar-refractivity contribution in [2.75, 3.05) is 6.61 Å². The van der Waals surface area contributed by atoms with Gasteiger partial charge < -0.3 is 10.5 Å². The molecule has 16 heavy (non-hydrogen) atoms. The summed E-state index contributed by atoms with van der Waals surface area (Å²) in [6.07, 6.45) is -4.86. The van der Waals surface area contributed by atoms with Crippen molar-refractivity contribution in [2.45, 2.75) is 32.2 Å². The molecule has 0 amide bonds. The molecule has 0 saturated carbocycles. The first-order valence-corrected chi connectivity index (χ1v) is 5.75. The van der Waals surface area contributed by atoms with Crippen LogP contribution in [0.2, 0.25) is 0 Å². The van der Waals surface area contributed by atoms with E-state index in [-0.39, 0.29) is 13.0 Å². The summed E-state index contributed by atoms with van der Waals surface area (Å²) in [5.41, 5.74) is 5.43. The van der Waals surface area contributed by atoms with Crippen LogP contribution in [0.1, 0.15) is 22.6 Å². The Balaban J connectivity index is 2.11. The lowest BCUT2D eigenvalue weighted by Gasteiger charge is -2.05. The van der Waals surface area contributed by atoms with Gasteiger partial charge in [-0.1, -0.05) is 0 Å². The largest absolute Gasteiger partial charge is 0.389 e. The summed E-state index contributed by atoms with van der Waals surface area (Å²) in [7, 11) is 0. The fraction of sp³-hybridized carbons (Fsp3) is 0.600. The van der Waals surface area contributed by atoms with Gasteiger partial charge >= 0.3 is 6.18 Å². The standard InChI is InChI=1S/C10H14F3NOS/c11-10(12,13)4-1-5-15-7-9-3-2-8(6-14)16-9/h2-3H,1,4-7,14H2. The Hall–Kier alpha value is -0.590. The summed E-state index contributed by atoms with van der Waals surface area (Å²) in [4.78, 5) is 2.04. The minimum Gasteiger partial charge on any atom is -0.376 e. The molecular weight excluding hydrogens is 239 g/mol. The monoisotopic (exact) mass is 253 g/mol. The number of nitrogens with two attached hydrogens (primary N) is 1. The summed E-state index contributed by atoms with van der Waals surface area (Å²) in [6.45, 7) is 0.983. The predicted molar refractivity (Wildman–Crippen MR) is 57.2 cm³/mol. The molecule has 0 spiro atoms. The third-order valence-electron chi connectivity index (χ3n) is 1.91. The van der Waals surface area contributed by atoms with Crippen LogP contribution in [-0.2, 0) is 17.9 Å². The van der Waals surface area contributed by atoms with E-state index in [0.29, 0.717) is 13.2 Å². The Morgan fingerprint density at radius 2 is 1.94 bits per heavy atom. The molecule has 0 fully saturated rings. The lowest BCUT2D eigenvalue weighted by Crippen LogP contribution is -2.08. The number of ether oxygens (including phenoxy) is 1. The van der Waals surface area contributed by atoms with E-state index >= 15 is 0 Å². The van der Waals surface area contributed by atoms with E-state index in [0.717, 1.165) is 9.75 Å². The third kappa shape index (κ3) is 5.48. The van der Waals surface area contributed by atoms with Crippen LogP contribution in [0, 0.1) is 0 Å². The van der Waals surface area contributed by atoms with Crippen LogP contribution < -0.4 is 5.73 Å². The molecule has 0 saturated heterocycles. The second kappa shape index (κ2) is 6.22. The summed E-state index contributed by atoms with van der Waals surface area (Å²) < 4.78 is 40.5. The molecule has 0 atom stereocenters. The highest BCUT2D eigenvalue weighted by atomic mass is 32.1. The van der Waals surface area contributed by atoms with E-state index in [9.17, 15) is 13.2 Å². The number of rotatable bonds is 6. The molecule has 0 aliphatic heterocycles. The van der Waals surface area contributed by atoms with Crippen molar-refractivity contribution >= 4 is 11.3 Å². The first-order chi connectivity index (χ1) is 7.51. The van der Waals surface area contributed by atoms with Crippen molar-refractivity contribution in [1.82, 2.24) is 0 Å². The molecule has 2 nitrogen and oxygen atoms in total. The summed E-state index contributed by atoms with van der Waals surface area (Å²) in [6, 6.07) is 3.79. The highest BCUT2D eigenvalue weighted by Crippen LogP contribution is 2.21. The SMILES string of the molecule is NCc1ccc(COCCCC(F)(F)F)s1. The van der Waals surface area contributed by atoms with Crippen molar-refractivity contribution in [2.24, 2.45) is 5.73 Å². The molecule has 6 heteroatoms. The van der Waals surface area contributed by atoms with Gasteiger partial charge in [0.1, 0.15) is 0 Å². The molecule has 1 heterocycles. The second-order valence-corrected chi connectivity index (χ2v) is 4.60. The molecule has 1 aromatic rings. The van der Waals surface area contributed by atoms with Gasteiger partial charge in [0.15, 0.2) is 0 Å². The van der Waals surface area contributed by atoms with Gasteiger partial charge in [-0.05, 0) is 18.6 Å². The number of halogens is 3. The molecule has 0 aliphatic rings. The molecular formula is C10H14F3NOS. The van der Waals surface area contributed by atoms with Crippen LogP contribution in [0.5, 0.6) is 0 Å². The number of thiophene rings is 1. The van der Waals surface area contributed by atoms with Crippen molar-refractivity contribution in [1.29, 1.82) is 0 Å². The van der Waals surface area contributed by atoms with Gasteiger partial charge in [0.25, 0.3) is 0 Å². The quantitative estimate of drug-likeness (QED) is 0.791. The average molecular weight is 253 g/mol. The van der Waals surface area contributed by atoms with Crippen molar-refractivity contribution < 1.29 is 17.9 Å². The fourth-order valence-corrected chi connectivity index (χ4v) is 1.99. The van der Waals surface area contributed by atoms with Gasteiger partial charge in [-0.2, -0.15) is 13.2 Å². The molecule has 0 aromatic carbocycles. The smallest absolute Gasteiger partial charge is 0.376 e. The van der Waals surface area contributed by atoms with Crippen LogP contribution in [0.4, 0.5) is 13.2 Å². The Morgan fingerprint density at radius 1 is 1.25 bits per heavy atom. The predicted octanol–water partition coefficient (Wildman–Crippen LogP) is 3.07. The van der Waals surface area contributed by atoms with Crippen molar-refractivity contribution in [3.05, 3.63) is 21.9 Å². The van der Waals surface area contributed by atoms with Crippen LogP contribution >= 0.6 is 11.3 Å². The lowest BCUT2D eigenvalue weighted by atomic mass is 10.3.